The van der Waals surface area contributed by atoms with Gasteiger partial charge in [0.1, 0.15) is 23.9 Å². The number of nitrogens with zero attached hydrogens (tertiary/aromatic N) is 5. The predicted octanol–water partition coefficient (Wildman–Crippen LogP) is 2.88. The van der Waals surface area contributed by atoms with Gasteiger partial charge in [0.15, 0.2) is 0 Å². The van der Waals surface area contributed by atoms with Crippen LogP contribution in [0.1, 0.15) is 43.1 Å². The number of anilines is 2. The van der Waals surface area contributed by atoms with E-state index in [4.69, 9.17) is 14.2 Å². The number of aromatic nitrogens is 3. The summed E-state index contributed by atoms with van der Waals surface area (Å²) in [5.74, 6) is 2.45. The lowest BCUT2D eigenvalue weighted by Crippen LogP contribution is -2.32. The summed E-state index contributed by atoms with van der Waals surface area (Å²) in [6.45, 7) is 6.69. The topological polar surface area (TPSA) is 96.6 Å². The smallest absolute Gasteiger partial charge is 0.227 e. The molecule has 0 saturated carbocycles. The van der Waals surface area contributed by atoms with Gasteiger partial charge in [0.2, 0.25) is 11.9 Å². The number of carbonyl (C=O) groups excluding carboxylic acids is 1. The van der Waals surface area contributed by atoms with E-state index < -0.39 is 0 Å². The van der Waals surface area contributed by atoms with Crippen LogP contribution in [-0.4, -0.2) is 46.8 Å². The maximum atomic E-state index is 11.3. The SMILES string of the molecule is CC(=O)N[C@@H](C)c1ccc(O[C@@H]2CCN(c3ccnc(N4CCc5nocc5C4)n3)C2)cc1. The van der Waals surface area contributed by atoms with Gasteiger partial charge in [-0.05, 0) is 30.7 Å². The fourth-order valence-electron chi connectivity index (χ4n) is 4.43. The first-order valence-electron chi connectivity index (χ1n) is 11.3. The number of nitrogens with one attached hydrogen (secondary N) is 1. The Morgan fingerprint density at radius 2 is 2.06 bits per heavy atom. The third-order valence-electron chi connectivity index (χ3n) is 6.19. The molecule has 4 heterocycles. The Morgan fingerprint density at radius 1 is 1.21 bits per heavy atom. The second kappa shape index (κ2) is 9.09. The summed E-state index contributed by atoms with van der Waals surface area (Å²) in [5.41, 5.74) is 3.18. The van der Waals surface area contributed by atoms with E-state index >= 15 is 0 Å². The minimum atomic E-state index is -0.0368. The summed E-state index contributed by atoms with van der Waals surface area (Å²) >= 11 is 0. The number of carbonyl (C=O) groups is 1. The fraction of sp³-hybridized carbons (Fsp3) is 0.417. The van der Waals surface area contributed by atoms with Gasteiger partial charge >= 0.3 is 0 Å². The van der Waals surface area contributed by atoms with Crippen molar-refractivity contribution in [2.75, 3.05) is 29.4 Å². The Morgan fingerprint density at radius 3 is 2.88 bits per heavy atom. The van der Waals surface area contributed by atoms with Crippen LogP contribution in [0.3, 0.4) is 0 Å². The van der Waals surface area contributed by atoms with E-state index in [0.29, 0.717) is 6.54 Å². The first-order valence-corrected chi connectivity index (χ1v) is 11.3. The van der Waals surface area contributed by atoms with Gasteiger partial charge in [-0.15, -0.1) is 0 Å². The molecule has 33 heavy (non-hydrogen) atoms. The molecule has 1 aromatic carbocycles. The zero-order chi connectivity index (χ0) is 22.8. The summed E-state index contributed by atoms with van der Waals surface area (Å²) in [6, 6.07) is 9.86. The van der Waals surface area contributed by atoms with Crippen LogP contribution in [0.5, 0.6) is 5.75 Å². The highest BCUT2D eigenvalue weighted by molar-refractivity contribution is 5.73. The normalized spacial score (nSPS) is 18.7. The van der Waals surface area contributed by atoms with Gasteiger partial charge in [0, 0.05) is 44.6 Å². The molecule has 2 aliphatic heterocycles. The third-order valence-corrected chi connectivity index (χ3v) is 6.19. The lowest BCUT2D eigenvalue weighted by atomic mass is 10.1. The summed E-state index contributed by atoms with van der Waals surface area (Å²) in [5, 5.41) is 6.95. The molecule has 9 nitrogen and oxygen atoms in total. The molecule has 2 atom stereocenters. The number of fused-ring (bicyclic) bond motifs is 1. The summed E-state index contributed by atoms with van der Waals surface area (Å²) < 4.78 is 11.3. The molecule has 0 spiro atoms. The third kappa shape index (κ3) is 4.76. The first-order chi connectivity index (χ1) is 16.0. The Labute approximate surface area is 192 Å². The van der Waals surface area contributed by atoms with Gasteiger partial charge in [-0.1, -0.05) is 17.3 Å². The second-order valence-corrected chi connectivity index (χ2v) is 8.64. The van der Waals surface area contributed by atoms with E-state index in [1.165, 1.54) is 6.92 Å². The maximum Gasteiger partial charge on any atom is 0.227 e. The van der Waals surface area contributed by atoms with Crippen molar-refractivity contribution in [3.8, 4) is 5.75 Å². The maximum absolute atomic E-state index is 11.3. The lowest BCUT2D eigenvalue weighted by Gasteiger charge is -2.27. The molecule has 1 saturated heterocycles. The van der Waals surface area contributed by atoms with Gasteiger partial charge in [-0.3, -0.25) is 4.79 Å². The van der Waals surface area contributed by atoms with Crippen molar-refractivity contribution in [3.63, 3.8) is 0 Å². The van der Waals surface area contributed by atoms with Crippen LogP contribution in [0.2, 0.25) is 0 Å². The largest absolute Gasteiger partial charge is 0.489 e. The van der Waals surface area contributed by atoms with Crippen LogP contribution in [0, 0.1) is 0 Å². The number of ether oxygens (including phenoxy) is 1. The van der Waals surface area contributed by atoms with Crippen molar-refractivity contribution in [3.05, 3.63) is 59.6 Å². The number of benzene rings is 1. The van der Waals surface area contributed by atoms with E-state index in [1.54, 1.807) is 6.26 Å². The molecule has 0 aliphatic carbocycles. The predicted molar refractivity (Wildman–Crippen MR) is 123 cm³/mol. The highest BCUT2D eigenvalue weighted by atomic mass is 16.5. The Balaban J connectivity index is 1.19. The molecule has 1 fully saturated rings. The molecule has 0 unspecified atom stereocenters. The van der Waals surface area contributed by atoms with E-state index in [9.17, 15) is 4.79 Å². The molecule has 2 aromatic heterocycles. The molecule has 172 valence electrons. The minimum Gasteiger partial charge on any atom is -0.489 e. The summed E-state index contributed by atoms with van der Waals surface area (Å²) in [4.78, 5) is 25.0. The van der Waals surface area contributed by atoms with Crippen molar-refractivity contribution in [2.24, 2.45) is 0 Å². The van der Waals surface area contributed by atoms with Gasteiger partial charge in [0.25, 0.3) is 0 Å². The van der Waals surface area contributed by atoms with E-state index in [1.807, 2.05) is 43.5 Å². The van der Waals surface area contributed by atoms with E-state index in [2.05, 4.69) is 25.3 Å². The second-order valence-electron chi connectivity index (χ2n) is 8.64. The van der Waals surface area contributed by atoms with Gasteiger partial charge < -0.3 is 24.4 Å². The Bertz CT molecular complexity index is 1120. The monoisotopic (exact) mass is 448 g/mol. The summed E-state index contributed by atoms with van der Waals surface area (Å²) in [6.07, 6.45) is 5.39. The van der Waals surface area contributed by atoms with E-state index in [0.717, 1.165) is 66.8 Å². The lowest BCUT2D eigenvalue weighted by molar-refractivity contribution is -0.119. The van der Waals surface area contributed by atoms with Crippen molar-refractivity contribution in [1.29, 1.82) is 0 Å². The average molecular weight is 449 g/mol. The van der Waals surface area contributed by atoms with Crippen LogP contribution < -0.4 is 19.9 Å². The van der Waals surface area contributed by atoms with Crippen molar-refractivity contribution in [2.45, 2.75) is 45.4 Å². The van der Waals surface area contributed by atoms with Gasteiger partial charge in [0.05, 0.1) is 24.8 Å². The zero-order valence-corrected chi connectivity index (χ0v) is 18.9. The van der Waals surface area contributed by atoms with Crippen LogP contribution in [0.15, 0.2) is 47.3 Å². The number of rotatable bonds is 6. The molecule has 5 rings (SSSR count). The zero-order valence-electron chi connectivity index (χ0n) is 18.9. The van der Waals surface area contributed by atoms with Crippen LogP contribution >= 0.6 is 0 Å². The molecule has 2 aliphatic rings. The standard InChI is InChI=1S/C24H28N6O3/c1-16(26-17(2)31)18-3-5-20(6-4-18)33-21-8-11-29(14-21)23-7-10-25-24(27-23)30-12-9-22-19(13-30)15-32-28-22/h3-7,10,15-16,21H,8-9,11-14H2,1-2H3,(H,26,31)/t16-,21+/m0/s1. The molecule has 0 radical (unpaired) electrons. The fourth-order valence-corrected chi connectivity index (χ4v) is 4.43. The van der Waals surface area contributed by atoms with Crippen LogP contribution in [-0.2, 0) is 17.8 Å². The molecule has 0 bridgehead atoms. The Hall–Kier alpha value is -3.62. The number of amides is 1. The van der Waals surface area contributed by atoms with Crippen LogP contribution in [0.4, 0.5) is 11.8 Å². The molecule has 1 N–H and O–H groups in total. The molecule has 9 heteroatoms. The van der Waals surface area contributed by atoms with Crippen molar-refractivity contribution >= 4 is 17.7 Å². The molecule has 3 aromatic rings. The van der Waals surface area contributed by atoms with Crippen LogP contribution in [0.25, 0.3) is 0 Å². The van der Waals surface area contributed by atoms with Gasteiger partial charge in [-0.25, -0.2) is 4.98 Å². The summed E-state index contributed by atoms with van der Waals surface area (Å²) in [7, 11) is 0. The number of hydrogen-bond acceptors (Lipinski definition) is 8. The highest BCUT2D eigenvalue weighted by Gasteiger charge is 2.27. The quantitative estimate of drug-likeness (QED) is 0.615. The van der Waals surface area contributed by atoms with Crippen molar-refractivity contribution < 1.29 is 14.1 Å². The highest BCUT2D eigenvalue weighted by Crippen LogP contribution is 2.26. The van der Waals surface area contributed by atoms with Crippen molar-refractivity contribution in [1.82, 2.24) is 20.4 Å². The molecule has 1 amide bonds. The number of hydrogen-bond donors (Lipinski definition) is 1. The van der Waals surface area contributed by atoms with Gasteiger partial charge in [-0.2, -0.15) is 4.98 Å². The minimum absolute atomic E-state index is 0.0262. The molecular formula is C24H28N6O3. The molecular weight excluding hydrogens is 420 g/mol. The Kier molecular flexibility index (Phi) is 5.85. The first kappa shape index (κ1) is 21.2. The van der Waals surface area contributed by atoms with E-state index in [-0.39, 0.29) is 18.1 Å². The average Bonchev–Trinajstić information content (AvgIpc) is 3.48.